The Kier molecular flexibility index (Phi) is 4.62. The topological polar surface area (TPSA) is 38.7 Å². The maximum Gasteiger partial charge on any atom is 0.133 e. The van der Waals surface area contributed by atoms with Gasteiger partial charge in [0.25, 0.3) is 0 Å². The molecule has 0 fully saturated rings. The second kappa shape index (κ2) is 6.24. The van der Waals surface area contributed by atoms with Gasteiger partial charge in [-0.15, -0.1) is 0 Å². The molecular formula is C15H14BrFO3. The van der Waals surface area contributed by atoms with Crippen LogP contribution in [-0.2, 0) is 0 Å². The number of rotatable bonds is 4. The zero-order chi connectivity index (χ0) is 14.7. The Hall–Kier alpha value is -1.59. The van der Waals surface area contributed by atoms with Crippen LogP contribution in [0.25, 0.3) is 0 Å². The summed E-state index contributed by atoms with van der Waals surface area (Å²) in [5.41, 5.74) is 0.768. The number of ether oxygens (including phenoxy) is 2. The van der Waals surface area contributed by atoms with Crippen molar-refractivity contribution in [1.82, 2.24) is 0 Å². The third-order valence-corrected chi connectivity index (χ3v) is 3.61. The van der Waals surface area contributed by atoms with Crippen LogP contribution >= 0.6 is 15.9 Å². The second-order valence-electron chi connectivity index (χ2n) is 4.18. The first-order valence-electron chi connectivity index (χ1n) is 5.91. The molecule has 0 saturated carbocycles. The fraction of sp³-hybridized carbons (Fsp3) is 0.200. The molecule has 0 aliphatic rings. The normalized spacial score (nSPS) is 12.1. The van der Waals surface area contributed by atoms with Crippen molar-refractivity contribution in [3.05, 3.63) is 57.8 Å². The van der Waals surface area contributed by atoms with Crippen LogP contribution in [0.15, 0.2) is 40.9 Å². The van der Waals surface area contributed by atoms with Crippen molar-refractivity contribution in [3.8, 4) is 11.5 Å². The van der Waals surface area contributed by atoms with Crippen LogP contribution < -0.4 is 9.47 Å². The average molecular weight is 341 g/mol. The minimum absolute atomic E-state index is 0.197. The van der Waals surface area contributed by atoms with Gasteiger partial charge in [-0.3, -0.25) is 0 Å². The highest BCUT2D eigenvalue weighted by molar-refractivity contribution is 9.10. The van der Waals surface area contributed by atoms with Gasteiger partial charge < -0.3 is 14.6 Å². The summed E-state index contributed by atoms with van der Waals surface area (Å²) in [6, 6.07) is 9.48. The monoisotopic (exact) mass is 340 g/mol. The SMILES string of the molecule is COc1ccc(C(O)c2ccc(OC)c(Br)c2)c(F)c1. The third kappa shape index (κ3) is 2.94. The van der Waals surface area contributed by atoms with Crippen LogP contribution in [0.4, 0.5) is 4.39 Å². The minimum atomic E-state index is -1.05. The second-order valence-corrected chi connectivity index (χ2v) is 5.04. The third-order valence-electron chi connectivity index (χ3n) is 2.99. The Labute approximate surface area is 125 Å². The van der Waals surface area contributed by atoms with E-state index in [2.05, 4.69) is 15.9 Å². The van der Waals surface area contributed by atoms with E-state index in [0.717, 1.165) is 0 Å². The molecule has 0 aliphatic carbocycles. The molecule has 2 aromatic carbocycles. The molecule has 1 atom stereocenters. The maximum atomic E-state index is 13.9. The molecule has 0 spiro atoms. The Morgan fingerprint density at radius 2 is 1.85 bits per heavy atom. The van der Waals surface area contributed by atoms with E-state index in [1.807, 2.05) is 0 Å². The average Bonchev–Trinajstić information content (AvgIpc) is 2.46. The van der Waals surface area contributed by atoms with E-state index >= 15 is 0 Å². The summed E-state index contributed by atoms with van der Waals surface area (Å²) in [4.78, 5) is 0. The lowest BCUT2D eigenvalue weighted by Crippen LogP contribution is -2.03. The summed E-state index contributed by atoms with van der Waals surface area (Å²) in [6.07, 6.45) is -1.05. The fourth-order valence-electron chi connectivity index (χ4n) is 1.89. The van der Waals surface area contributed by atoms with Gasteiger partial charge in [-0.25, -0.2) is 4.39 Å². The summed E-state index contributed by atoms with van der Waals surface area (Å²) in [5, 5.41) is 10.3. The predicted molar refractivity (Wildman–Crippen MR) is 77.7 cm³/mol. The molecular weight excluding hydrogens is 327 g/mol. The standard InChI is InChI=1S/C15H14BrFO3/c1-19-10-4-5-11(13(17)8-10)15(18)9-3-6-14(20-2)12(16)7-9/h3-8,15,18H,1-2H3. The van der Waals surface area contributed by atoms with Crippen LogP contribution in [0.2, 0.25) is 0 Å². The quantitative estimate of drug-likeness (QED) is 0.922. The van der Waals surface area contributed by atoms with Crippen LogP contribution in [0.3, 0.4) is 0 Å². The van der Waals surface area contributed by atoms with Gasteiger partial charge in [0.15, 0.2) is 0 Å². The first-order valence-corrected chi connectivity index (χ1v) is 6.71. The number of halogens is 2. The van der Waals surface area contributed by atoms with Gasteiger partial charge in [0.1, 0.15) is 23.4 Å². The molecule has 2 rings (SSSR count). The van der Waals surface area contributed by atoms with E-state index in [-0.39, 0.29) is 5.56 Å². The Bertz CT molecular complexity index is 616. The highest BCUT2D eigenvalue weighted by Gasteiger charge is 2.17. The molecule has 0 amide bonds. The zero-order valence-electron chi connectivity index (χ0n) is 11.1. The molecule has 1 N–H and O–H groups in total. The molecule has 2 aromatic rings. The minimum Gasteiger partial charge on any atom is -0.497 e. The van der Waals surface area contributed by atoms with Crippen molar-refractivity contribution in [3.63, 3.8) is 0 Å². The van der Waals surface area contributed by atoms with E-state index in [1.165, 1.54) is 19.2 Å². The molecule has 0 radical (unpaired) electrons. The molecule has 20 heavy (non-hydrogen) atoms. The first kappa shape index (κ1) is 14.8. The van der Waals surface area contributed by atoms with Crippen LogP contribution in [0.1, 0.15) is 17.2 Å². The van der Waals surface area contributed by atoms with Gasteiger partial charge in [0.2, 0.25) is 0 Å². The number of methoxy groups -OCH3 is 2. The van der Waals surface area contributed by atoms with Crippen LogP contribution in [0, 0.1) is 5.82 Å². The van der Waals surface area contributed by atoms with Crippen molar-refractivity contribution in [2.45, 2.75) is 6.10 Å². The lowest BCUT2D eigenvalue weighted by atomic mass is 10.0. The van der Waals surface area contributed by atoms with E-state index < -0.39 is 11.9 Å². The summed E-state index contributed by atoms with van der Waals surface area (Å²) in [5.74, 6) is 0.550. The lowest BCUT2D eigenvalue weighted by molar-refractivity contribution is 0.214. The highest BCUT2D eigenvalue weighted by atomic mass is 79.9. The molecule has 5 heteroatoms. The predicted octanol–water partition coefficient (Wildman–Crippen LogP) is 3.69. The van der Waals surface area contributed by atoms with Gasteiger partial charge in [0.05, 0.1) is 18.7 Å². The summed E-state index contributed by atoms with van der Waals surface area (Å²) < 4.78 is 24.7. The molecule has 0 saturated heterocycles. The van der Waals surface area contributed by atoms with Crippen molar-refractivity contribution in [1.29, 1.82) is 0 Å². The van der Waals surface area contributed by atoms with Gasteiger partial charge >= 0.3 is 0 Å². The van der Waals surface area contributed by atoms with Gasteiger partial charge in [0, 0.05) is 11.6 Å². The van der Waals surface area contributed by atoms with Gasteiger partial charge in [-0.1, -0.05) is 6.07 Å². The van der Waals surface area contributed by atoms with E-state index in [0.29, 0.717) is 21.5 Å². The van der Waals surface area contributed by atoms with E-state index in [9.17, 15) is 9.50 Å². The number of aliphatic hydroxyl groups is 1. The number of aliphatic hydroxyl groups excluding tert-OH is 1. The van der Waals surface area contributed by atoms with Crippen molar-refractivity contribution < 1.29 is 19.0 Å². The Morgan fingerprint density at radius 1 is 1.10 bits per heavy atom. The largest absolute Gasteiger partial charge is 0.497 e. The van der Waals surface area contributed by atoms with Crippen molar-refractivity contribution >= 4 is 15.9 Å². The highest BCUT2D eigenvalue weighted by Crippen LogP contribution is 2.32. The number of hydrogen-bond acceptors (Lipinski definition) is 3. The Balaban J connectivity index is 2.35. The van der Waals surface area contributed by atoms with Crippen molar-refractivity contribution in [2.75, 3.05) is 14.2 Å². The first-order chi connectivity index (χ1) is 9.56. The molecule has 0 aromatic heterocycles. The Morgan fingerprint density at radius 3 is 2.40 bits per heavy atom. The molecule has 1 unspecified atom stereocenters. The molecule has 106 valence electrons. The molecule has 3 nitrogen and oxygen atoms in total. The lowest BCUT2D eigenvalue weighted by Gasteiger charge is -2.14. The number of hydrogen-bond donors (Lipinski definition) is 1. The van der Waals surface area contributed by atoms with Crippen molar-refractivity contribution in [2.24, 2.45) is 0 Å². The smallest absolute Gasteiger partial charge is 0.133 e. The van der Waals surface area contributed by atoms with Gasteiger partial charge in [-0.2, -0.15) is 0 Å². The van der Waals surface area contributed by atoms with Crippen LogP contribution in [0.5, 0.6) is 11.5 Å². The van der Waals surface area contributed by atoms with Crippen LogP contribution in [-0.4, -0.2) is 19.3 Å². The van der Waals surface area contributed by atoms with Gasteiger partial charge in [-0.05, 0) is 45.8 Å². The van der Waals surface area contributed by atoms with E-state index in [4.69, 9.17) is 9.47 Å². The molecule has 0 aliphatic heterocycles. The fourth-order valence-corrected chi connectivity index (χ4v) is 2.45. The van der Waals surface area contributed by atoms with E-state index in [1.54, 1.807) is 31.4 Å². The zero-order valence-corrected chi connectivity index (χ0v) is 12.6. The summed E-state index contributed by atoms with van der Waals surface area (Å²) >= 11 is 3.34. The molecule has 0 bridgehead atoms. The summed E-state index contributed by atoms with van der Waals surface area (Å²) in [6.45, 7) is 0. The summed E-state index contributed by atoms with van der Waals surface area (Å²) in [7, 11) is 3.02. The maximum absolute atomic E-state index is 13.9. The number of benzene rings is 2. The molecule has 0 heterocycles.